The molecule has 2 fully saturated rings. The number of carbonyl (C=O) groups excluding carboxylic acids is 1. The third-order valence-electron chi connectivity index (χ3n) is 4.90. The standard InChI is InChI=1S/C17H24N6O/c18-13-17(7-1-2-8-17)21-16(24)11-19-14-5-4-10-23(12-14)15-6-3-9-20-22-15/h3,6,9,14,19H,1-2,4-5,7-8,10-12H2,(H,21,24). The number of nitrogens with zero attached hydrogens (tertiary/aromatic N) is 4. The lowest BCUT2D eigenvalue weighted by molar-refractivity contribution is -0.121. The molecule has 1 aromatic heterocycles. The fourth-order valence-corrected chi connectivity index (χ4v) is 3.61. The van der Waals surface area contributed by atoms with Gasteiger partial charge in [-0.2, -0.15) is 10.4 Å². The summed E-state index contributed by atoms with van der Waals surface area (Å²) in [6.07, 6.45) is 7.30. The second kappa shape index (κ2) is 7.58. The Morgan fingerprint density at radius 1 is 1.42 bits per heavy atom. The lowest BCUT2D eigenvalue weighted by atomic mass is 10.00. The van der Waals surface area contributed by atoms with Crippen molar-refractivity contribution >= 4 is 11.7 Å². The van der Waals surface area contributed by atoms with Crippen molar-refractivity contribution in [1.29, 1.82) is 5.26 Å². The van der Waals surface area contributed by atoms with Gasteiger partial charge in [-0.05, 0) is 50.7 Å². The molecule has 2 aliphatic rings. The summed E-state index contributed by atoms with van der Waals surface area (Å²) < 4.78 is 0. The minimum atomic E-state index is -0.642. The number of hydrogen-bond donors (Lipinski definition) is 2. The van der Waals surface area contributed by atoms with Gasteiger partial charge in [-0.3, -0.25) is 4.79 Å². The van der Waals surface area contributed by atoms with E-state index < -0.39 is 5.54 Å². The van der Waals surface area contributed by atoms with Crippen LogP contribution in [-0.2, 0) is 4.79 Å². The molecular weight excluding hydrogens is 304 g/mol. The molecule has 0 radical (unpaired) electrons. The Bertz CT molecular complexity index is 593. The van der Waals surface area contributed by atoms with Gasteiger partial charge in [0.25, 0.3) is 0 Å². The topological polar surface area (TPSA) is 93.9 Å². The van der Waals surface area contributed by atoms with Crippen molar-refractivity contribution in [3.05, 3.63) is 18.3 Å². The molecular formula is C17H24N6O. The summed E-state index contributed by atoms with van der Waals surface area (Å²) >= 11 is 0. The quantitative estimate of drug-likeness (QED) is 0.837. The zero-order chi connectivity index (χ0) is 16.8. The Labute approximate surface area is 142 Å². The average molecular weight is 328 g/mol. The summed E-state index contributed by atoms with van der Waals surface area (Å²) in [5, 5.41) is 23.7. The molecule has 3 rings (SSSR count). The zero-order valence-electron chi connectivity index (χ0n) is 13.9. The highest BCUT2D eigenvalue weighted by atomic mass is 16.2. The zero-order valence-corrected chi connectivity index (χ0v) is 13.9. The number of nitrogens with one attached hydrogen (secondary N) is 2. The number of piperidine rings is 1. The number of anilines is 1. The highest BCUT2D eigenvalue weighted by Gasteiger charge is 2.35. The molecule has 1 aliphatic heterocycles. The number of hydrogen-bond acceptors (Lipinski definition) is 6. The Morgan fingerprint density at radius 3 is 2.96 bits per heavy atom. The molecule has 1 amide bonds. The summed E-state index contributed by atoms with van der Waals surface area (Å²) in [7, 11) is 0. The molecule has 1 aliphatic carbocycles. The predicted molar refractivity (Wildman–Crippen MR) is 90.2 cm³/mol. The van der Waals surface area contributed by atoms with Crippen molar-refractivity contribution < 1.29 is 4.79 Å². The number of nitriles is 1. The van der Waals surface area contributed by atoms with E-state index in [-0.39, 0.29) is 18.5 Å². The first kappa shape index (κ1) is 16.7. The predicted octanol–water partition coefficient (Wildman–Crippen LogP) is 0.988. The fraction of sp³-hybridized carbons (Fsp3) is 0.647. The molecule has 1 saturated heterocycles. The van der Waals surface area contributed by atoms with Gasteiger partial charge in [-0.25, -0.2) is 0 Å². The van der Waals surface area contributed by atoms with Crippen LogP contribution in [0, 0.1) is 11.3 Å². The van der Waals surface area contributed by atoms with E-state index in [1.165, 1.54) is 0 Å². The minimum absolute atomic E-state index is 0.0879. The maximum atomic E-state index is 12.2. The van der Waals surface area contributed by atoms with E-state index in [0.29, 0.717) is 0 Å². The van der Waals surface area contributed by atoms with Crippen molar-refractivity contribution in [2.45, 2.75) is 50.1 Å². The highest BCUT2D eigenvalue weighted by molar-refractivity contribution is 5.79. The van der Waals surface area contributed by atoms with Gasteiger partial charge in [-0.1, -0.05) is 0 Å². The monoisotopic (exact) mass is 328 g/mol. The maximum absolute atomic E-state index is 12.2. The van der Waals surface area contributed by atoms with E-state index >= 15 is 0 Å². The molecule has 128 valence electrons. The molecule has 7 heteroatoms. The molecule has 0 spiro atoms. The second-order valence-electron chi connectivity index (χ2n) is 6.70. The van der Waals surface area contributed by atoms with Gasteiger partial charge in [-0.15, -0.1) is 5.10 Å². The van der Waals surface area contributed by atoms with Crippen LogP contribution in [0.25, 0.3) is 0 Å². The summed E-state index contributed by atoms with van der Waals surface area (Å²) in [5.41, 5.74) is -0.642. The largest absolute Gasteiger partial charge is 0.354 e. The van der Waals surface area contributed by atoms with Crippen LogP contribution in [0.3, 0.4) is 0 Å². The molecule has 2 heterocycles. The lowest BCUT2D eigenvalue weighted by Gasteiger charge is -2.33. The molecule has 24 heavy (non-hydrogen) atoms. The van der Waals surface area contributed by atoms with Gasteiger partial charge in [0, 0.05) is 25.3 Å². The molecule has 2 N–H and O–H groups in total. The Kier molecular flexibility index (Phi) is 5.26. The average Bonchev–Trinajstić information content (AvgIpc) is 3.10. The third-order valence-corrected chi connectivity index (χ3v) is 4.90. The minimum Gasteiger partial charge on any atom is -0.354 e. The van der Waals surface area contributed by atoms with E-state index in [1.54, 1.807) is 6.20 Å². The second-order valence-corrected chi connectivity index (χ2v) is 6.70. The molecule has 1 atom stereocenters. The molecule has 7 nitrogen and oxygen atoms in total. The van der Waals surface area contributed by atoms with Crippen LogP contribution in [0.5, 0.6) is 0 Å². The molecule has 0 aromatic carbocycles. The van der Waals surface area contributed by atoms with E-state index in [0.717, 1.165) is 57.4 Å². The molecule has 0 bridgehead atoms. The van der Waals surface area contributed by atoms with Gasteiger partial charge in [0.2, 0.25) is 5.91 Å². The highest BCUT2D eigenvalue weighted by Crippen LogP contribution is 2.28. The van der Waals surface area contributed by atoms with Crippen molar-refractivity contribution in [1.82, 2.24) is 20.8 Å². The van der Waals surface area contributed by atoms with E-state index in [9.17, 15) is 10.1 Å². The van der Waals surface area contributed by atoms with Crippen LogP contribution in [0.4, 0.5) is 5.82 Å². The van der Waals surface area contributed by atoms with E-state index in [1.807, 2.05) is 12.1 Å². The van der Waals surface area contributed by atoms with Crippen LogP contribution in [0.1, 0.15) is 38.5 Å². The number of amides is 1. The van der Waals surface area contributed by atoms with E-state index in [4.69, 9.17) is 0 Å². The van der Waals surface area contributed by atoms with Crippen molar-refractivity contribution in [3.63, 3.8) is 0 Å². The first-order valence-corrected chi connectivity index (χ1v) is 8.69. The first-order valence-electron chi connectivity index (χ1n) is 8.69. The van der Waals surface area contributed by atoms with Crippen molar-refractivity contribution in [2.24, 2.45) is 0 Å². The van der Waals surface area contributed by atoms with Crippen molar-refractivity contribution in [3.8, 4) is 6.07 Å². The van der Waals surface area contributed by atoms with Gasteiger partial charge < -0.3 is 15.5 Å². The number of rotatable bonds is 5. The summed E-state index contributed by atoms with van der Waals surface area (Å²) in [5.74, 6) is 0.790. The van der Waals surface area contributed by atoms with Gasteiger partial charge >= 0.3 is 0 Å². The first-order chi connectivity index (χ1) is 11.7. The lowest BCUT2D eigenvalue weighted by Crippen LogP contribution is -2.52. The normalized spacial score (nSPS) is 22.8. The van der Waals surface area contributed by atoms with Gasteiger partial charge in [0.05, 0.1) is 12.6 Å². The Balaban J connectivity index is 1.48. The summed E-state index contributed by atoms with van der Waals surface area (Å²) in [6.45, 7) is 2.03. The summed E-state index contributed by atoms with van der Waals surface area (Å²) in [6, 6.07) is 6.38. The summed E-state index contributed by atoms with van der Waals surface area (Å²) in [4.78, 5) is 14.4. The van der Waals surface area contributed by atoms with Crippen LogP contribution < -0.4 is 15.5 Å². The maximum Gasteiger partial charge on any atom is 0.235 e. The fourth-order valence-electron chi connectivity index (χ4n) is 3.61. The number of aromatic nitrogens is 2. The van der Waals surface area contributed by atoms with E-state index in [2.05, 4.69) is 31.8 Å². The molecule has 1 saturated carbocycles. The Hall–Kier alpha value is -2.20. The number of carbonyl (C=O) groups is 1. The van der Waals surface area contributed by atoms with Crippen LogP contribution >= 0.6 is 0 Å². The van der Waals surface area contributed by atoms with Crippen LogP contribution in [0.15, 0.2) is 18.3 Å². The van der Waals surface area contributed by atoms with Gasteiger partial charge in [0.1, 0.15) is 5.54 Å². The smallest absolute Gasteiger partial charge is 0.235 e. The van der Waals surface area contributed by atoms with Crippen LogP contribution in [-0.4, -0.2) is 47.3 Å². The third kappa shape index (κ3) is 4.01. The van der Waals surface area contributed by atoms with Crippen molar-refractivity contribution in [2.75, 3.05) is 24.5 Å². The van der Waals surface area contributed by atoms with Gasteiger partial charge in [0.15, 0.2) is 5.82 Å². The van der Waals surface area contributed by atoms with Crippen LogP contribution in [0.2, 0.25) is 0 Å². The Morgan fingerprint density at radius 2 is 2.25 bits per heavy atom. The molecule has 1 unspecified atom stereocenters. The SMILES string of the molecule is N#CC1(NC(=O)CNC2CCCN(c3cccnn3)C2)CCCC1. The molecule has 1 aromatic rings.